The minimum atomic E-state index is -4.43. The zero-order valence-electron chi connectivity index (χ0n) is 13.8. The molecule has 128 valence electrons. The second-order valence-corrected chi connectivity index (χ2v) is 6.98. The monoisotopic (exact) mass is 327 g/mol. The van der Waals surface area contributed by atoms with Crippen molar-refractivity contribution in [3.8, 4) is 0 Å². The van der Waals surface area contributed by atoms with Crippen LogP contribution in [-0.4, -0.2) is 11.9 Å². The summed E-state index contributed by atoms with van der Waals surface area (Å²) in [4.78, 5) is 12.4. The molecule has 1 aromatic carbocycles. The Morgan fingerprint density at radius 2 is 1.96 bits per heavy atom. The third-order valence-corrected chi connectivity index (χ3v) is 4.79. The fourth-order valence-electron chi connectivity index (χ4n) is 3.46. The third-order valence-electron chi connectivity index (χ3n) is 4.79. The Morgan fingerprint density at radius 3 is 2.57 bits per heavy atom. The number of amides is 1. The Hall–Kier alpha value is -1.52. The van der Waals surface area contributed by atoms with Crippen molar-refractivity contribution < 1.29 is 18.0 Å². The van der Waals surface area contributed by atoms with Gasteiger partial charge in [-0.15, -0.1) is 0 Å². The van der Waals surface area contributed by atoms with Crippen LogP contribution in [0, 0.1) is 17.8 Å². The summed E-state index contributed by atoms with van der Waals surface area (Å²) in [6.45, 7) is 6.41. The van der Waals surface area contributed by atoms with E-state index in [0.29, 0.717) is 17.8 Å². The second kappa shape index (κ2) is 6.93. The quantitative estimate of drug-likeness (QED) is 0.841. The lowest BCUT2D eigenvalue weighted by Crippen LogP contribution is -2.45. The van der Waals surface area contributed by atoms with Gasteiger partial charge in [-0.1, -0.05) is 33.3 Å². The molecule has 1 aromatic rings. The summed E-state index contributed by atoms with van der Waals surface area (Å²) >= 11 is 0. The molecule has 2 rings (SSSR count). The number of hydrogen-bond acceptors (Lipinski definition) is 1. The number of carbonyl (C=O) groups excluding carboxylic acids is 1. The Labute approximate surface area is 135 Å². The Balaban J connectivity index is 2.14. The van der Waals surface area contributed by atoms with Gasteiger partial charge in [0.05, 0.1) is 5.56 Å². The first kappa shape index (κ1) is 17.8. The smallest absolute Gasteiger partial charge is 0.349 e. The molecule has 0 radical (unpaired) electrons. The summed E-state index contributed by atoms with van der Waals surface area (Å²) in [5.41, 5.74) is -0.719. The predicted molar refractivity (Wildman–Crippen MR) is 84.0 cm³/mol. The van der Waals surface area contributed by atoms with Crippen LogP contribution in [0.3, 0.4) is 0 Å². The van der Waals surface area contributed by atoms with Crippen LogP contribution in [0.5, 0.6) is 0 Å². The van der Waals surface area contributed by atoms with E-state index in [1.165, 1.54) is 12.1 Å². The van der Waals surface area contributed by atoms with Gasteiger partial charge in [0.1, 0.15) is 0 Å². The van der Waals surface area contributed by atoms with E-state index in [1.807, 2.05) is 0 Å². The molecule has 1 amide bonds. The van der Waals surface area contributed by atoms with Crippen molar-refractivity contribution in [3.63, 3.8) is 0 Å². The Kier molecular flexibility index (Phi) is 5.37. The van der Waals surface area contributed by atoms with E-state index in [1.54, 1.807) is 0 Å². The van der Waals surface area contributed by atoms with Crippen molar-refractivity contribution in [2.45, 2.75) is 52.3 Å². The summed E-state index contributed by atoms with van der Waals surface area (Å²) < 4.78 is 38.3. The van der Waals surface area contributed by atoms with Crippen molar-refractivity contribution in [1.29, 1.82) is 0 Å². The van der Waals surface area contributed by atoms with Crippen LogP contribution in [0.2, 0.25) is 0 Å². The summed E-state index contributed by atoms with van der Waals surface area (Å²) in [6.07, 6.45) is -1.37. The minimum Gasteiger partial charge on any atom is -0.349 e. The van der Waals surface area contributed by atoms with Gasteiger partial charge in [0, 0.05) is 11.6 Å². The van der Waals surface area contributed by atoms with Crippen molar-refractivity contribution >= 4 is 5.91 Å². The van der Waals surface area contributed by atoms with Crippen LogP contribution in [-0.2, 0) is 6.18 Å². The van der Waals surface area contributed by atoms with Gasteiger partial charge in [-0.25, -0.2) is 0 Å². The van der Waals surface area contributed by atoms with Crippen LogP contribution in [0.4, 0.5) is 13.2 Å². The van der Waals surface area contributed by atoms with Gasteiger partial charge in [0.15, 0.2) is 0 Å². The lowest BCUT2D eigenvalue weighted by atomic mass is 9.74. The van der Waals surface area contributed by atoms with E-state index in [0.717, 1.165) is 31.4 Å². The maximum absolute atomic E-state index is 12.8. The molecule has 1 N–H and O–H groups in total. The molecular formula is C18H24F3NO. The highest BCUT2D eigenvalue weighted by Gasteiger charge is 2.33. The molecule has 0 aliphatic heterocycles. The lowest BCUT2D eigenvalue weighted by Gasteiger charge is -2.37. The first-order chi connectivity index (χ1) is 10.7. The second-order valence-electron chi connectivity index (χ2n) is 6.98. The molecule has 0 unspecified atom stereocenters. The number of nitrogens with one attached hydrogen (secondary N) is 1. The van der Waals surface area contributed by atoms with Crippen LogP contribution in [0.1, 0.15) is 56.0 Å². The molecule has 0 aromatic heterocycles. The number of halogens is 3. The van der Waals surface area contributed by atoms with Crippen LogP contribution in [0.25, 0.3) is 0 Å². The largest absolute Gasteiger partial charge is 0.416 e. The van der Waals surface area contributed by atoms with Gasteiger partial charge < -0.3 is 5.32 Å². The molecule has 1 saturated carbocycles. The van der Waals surface area contributed by atoms with E-state index >= 15 is 0 Å². The third kappa shape index (κ3) is 4.49. The molecular weight excluding hydrogens is 303 g/mol. The fourth-order valence-corrected chi connectivity index (χ4v) is 3.46. The number of rotatable bonds is 3. The first-order valence-electron chi connectivity index (χ1n) is 8.16. The van der Waals surface area contributed by atoms with Crippen LogP contribution >= 0.6 is 0 Å². The molecule has 0 saturated heterocycles. The van der Waals surface area contributed by atoms with Gasteiger partial charge in [0.2, 0.25) is 0 Å². The molecule has 1 aliphatic rings. The molecule has 3 atom stereocenters. The maximum atomic E-state index is 12.8. The van der Waals surface area contributed by atoms with Crippen LogP contribution in [0.15, 0.2) is 24.3 Å². The van der Waals surface area contributed by atoms with E-state index in [4.69, 9.17) is 0 Å². The molecule has 1 aliphatic carbocycles. The molecule has 0 spiro atoms. The summed E-state index contributed by atoms with van der Waals surface area (Å²) in [6, 6.07) is 4.64. The highest BCUT2D eigenvalue weighted by Crippen LogP contribution is 2.34. The molecule has 2 nitrogen and oxygen atoms in total. The van der Waals surface area contributed by atoms with Crippen molar-refractivity contribution in [3.05, 3.63) is 35.4 Å². The van der Waals surface area contributed by atoms with Gasteiger partial charge in [-0.2, -0.15) is 13.2 Å². The maximum Gasteiger partial charge on any atom is 0.416 e. The average molecular weight is 327 g/mol. The average Bonchev–Trinajstić information content (AvgIpc) is 2.46. The molecule has 0 heterocycles. The van der Waals surface area contributed by atoms with E-state index in [-0.39, 0.29) is 11.6 Å². The van der Waals surface area contributed by atoms with E-state index in [9.17, 15) is 18.0 Å². The van der Waals surface area contributed by atoms with Crippen molar-refractivity contribution in [1.82, 2.24) is 5.32 Å². The normalized spacial score (nSPS) is 25.4. The Bertz CT molecular complexity index is 553. The summed E-state index contributed by atoms with van der Waals surface area (Å²) in [5, 5.41) is 2.97. The Morgan fingerprint density at radius 1 is 1.26 bits per heavy atom. The first-order valence-corrected chi connectivity index (χ1v) is 8.16. The SMILES string of the molecule is CC(C)[C@@H]1CC[C@H](C)C[C@@H]1NC(=O)c1cccc(C(F)(F)F)c1. The fraction of sp³-hybridized carbons (Fsp3) is 0.611. The minimum absolute atomic E-state index is 0.0285. The molecule has 0 bridgehead atoms. The highest BCUT2D eigenvalue weighted by atomic mass is 19.4. The number of benzene rings is 1. The highest BCUT2D eigenvalue weighted by molar-refractivity contribution is 5.94. The topological polar surface area (TPSA) is 29.1 Å². The predicted octanol–water partition coefficient (Wildman–Crippen LogP) is 4.90. The molecule has 1 fully saturated rings. The van der Waals surface area contributed by atoms with Crippen molar-refractivity contribution in [2.24, 2.45) is 17.8 Å². The number of alkyl halides is 3. The van der Waals surface area contributed by atoms with Gasteiger partial charge in [-0.3, -0.25) is 4.79 Å². The lowest BCUT2D eigenvalue weighted by molar-refractivity contribution is -0.137. The van der Waals surface area contributed by atoms with Crippen molar-refractivity contribution in [2.75, 3.05) is 0 Å². The molecule has 23 heavy (non-hydrogen) atoms. The standard InChI is InChI=1S/C18H24F3NO/c1-11(2)15-8-7-12(3)9-16(15)22-17(23)13-5-4-6-14(10-13)18(19,20)21/h4-6,10-12,15-16H,7-9H2,1-3H3,(H,22,23)/t12-,15-,16-/m0/s1. The van der Waals surface area contributed by atoms with Gasteiger partial charge in [0.25, 0.3) is 5.91 Å². The summed E-state index contributed by atoms with van der Waals surface area (Å²) in [5.74, 6) is 0.924. The van der Waals surface area contributed by atoms with E-state index < -0.39 is 17.6 Å². The van der Waals surface area contributed by atoms with Gasteiger partial charge in [-0.05, 0) is 48.8 Å². The number of carbonyl (C=O) groups is 1. The molecule has 5 heteroatoms. The number of hydrogen-bond donors (Lipinski definition) is 1. The van der Waals surface area contributed by atoms with Crippen LogP contribution < -0.4 is 5.32 Å². The zero-order valence-corrected chi connectivity index (χ0v) is 13.8. The van der Waals surface area contributed by atoms with E-state index in [2.05, 4.69) is 26.1 Å². The zero-order chi connectivity index (χ0) is 17.2. The van der Waals surface area contributed by atoms with Gasteiger partial charge >= 0.3 is 6.18 Å². The summed E-state index contributed by atoms with van der Waals surface area (Å²) in [7, 11) is 0.